The standard InChI is InChI=1S/C18H25N3O5/c1-11(2)19-18(25)20-14-7-5-12(6-8-14)16(22)21-15(17(23)24)13-4-3-9-26-10-13/h5-8,11,13,15H,3-4,9-10H2,1-2H3,(H,21,22)(H,23,24)(H2,19,20,25). The summed E-state index contributed by atoms with van der Waals surface area (Å²) >= 11 is 0. The summed E-state index contributed by atoms with van der Waals surface area (Å²) in [6, 6.07) is 4.95. The van der Waals surface area contributed by atoms with Gasteiger partial charge in [-0.1, -0.05) is 0 Å². The molecule has 0 saturated carbocycles. The van der Waals surface area contributed by atoms with E-state index in [1.807, 2.05) is 13.8 Å². The number of rotatable bonds is 6. The summed E-state index contributed by atoms with van der Waals surface area (Å²) in [5, 5.41) is 17.3. The lowest BCUT2D eigenvalue weighted by molar-refractivity contribution is -0.142. The number of carbonyl (C=O) groups excluding carboxylic acids is 2. The van der Waals surface area contributed by atoms with Gasteiger partial charge in [-0.25, -0.2) is 9.59 Å². The minimum absolute atomic E-state index is 0.0109. The molecule has 1 saturated heterocycles. The molecule has 3 amide bonds. The van der Waals surface area contributed by atoms with Crippen LogP contribution >= 0.6 is 0 Å². The second-order valence-corrected chi connectivity index (χ2v) is 6.60. The lowest BCUT2D eigenvalue weighted by atomic mass is 9.93. The molecular weight excluding hydrogens is 338 g/mol. The molecule has 4 N–H and O–H groups in total. The topological polar surface area (TPSA) is 117 Å². The molecule has 142 valence electrons. The molecule has 1 aromatic carbocycles. The molecule has 8 nitrogen and oxygen atoms in total. The van der Waals surface area contributed by atoms with Crippen molar-refractivity contribution in [2.75, 3.05) is 18.5 Å². The van der Waals surface area contributed by atoms with Gasteiger partial charge in [0.25, 0.3) is 5.91 Å². The zero-order valence-electron chi connectivity index (χ0n) is 15.0. The molecule has 1 aliphatic heterocycles. The number of hydrogen-bond donors (Lipinski definition) is 4. The predicted molar refractivity (Wildman–Crippen MR) is 96.2 cm³/mol. The van der Waals surface area contributed by atoms with E-state index < -0.39 is 17.9 Å². The Morgan fingerprint density at radius 3 is 2.38 bits per heavy atom. The highest BCUT2D eigenvalue weighted by molar-refractivity contribution is 5.97. The summed E-state index contributed by atoms with van der Waals surface area (Å²) in [6.45, 7) is 4.65. The van der Waals surface area contributed by atoms with Gasteiger partial charge in [0.1, 0.15) is 6.04 Å². The Morgan fingerprint density at radius 2 is 1.85 bits per heavy atom. The molecule has 26 heavy (non-hydrogen) atoms. The number of benzene rings is 1. The number of carbonyl (C=O) groups is 3. The first-order chi connectivity index (χ1) is 12.4. The average Bonchev–Trinajstić information content (AvgIpc) is 2.59. The fourth-order valence-corrected chi connectivity index (χ4v) is 2.77. The van der Waals surface area contributed by atoms with E-state index in [0.717, 1.165) is 6.42 Å². The van der Waals surface area contributed by atoms with Gasteiger partial charge in [-0.3, -0.25) is 4.79 Å². The van der Waals surface area contributed by atoms with Gasteiger partial charge in [0.15, 0.2) is 0 Å². The number of urea groups is 1. The normalized spacial score (nSPS) is 18.0. The highest BCUT2D eigenvalue weighted by atomic mass is 16.5. The van der Waals surface area contributed by atoms with E-state index in [-0.39, 0.29) is 18.0 Å². The van der Waals surface area contributed by atoms with Crippen molar-refractivity contribution in [3.05, 3.63) is 29.8 Å². The Balaban J connectivity index is 1.97. The van der Waals surface area contributed by atoms with Crippen LogP contribution in [0.3, 0.4) is 0 Å². The van der Waals surface area contributed by atoms with Gasteiger partial charge in [-0.2, -0.15) is 0 Å². The highest BCUT2D eigenvalue weighted by Gasteiger charge is 2.31. The summed E-state index contributed by atoms with van der Waals surface area (Å²) < 4.78 is 5.32. The smallest absolute Gasteiger partial charge is 0.326 e. The monoisotopic (exact) mass is 363 g/mol. The summed E-state index contributed by atoms with van der Waals surface area (Å²) in [7, 11) is 0. The Kier molecular flexibility index (Phi) is 6.97. The number of ether oxygens (including phenoxy) is 1. The maximum absolute atomic E-state index is 12.4. The van der Waals surface area contributed by atoms with Crippen molar-refractivity contribution in [2.24, 2.45) is 5.92 Å². The van der Waals surface area contributed by atoms with Gasteiger partial charge in [0.2, 0.25) is 0 Å². The first kappa shape index (κ1) is 19.7. The minimum atomic E-state index is -1.07. The van der Waals surface area contributed by atoms with Crippen molar-refractivity contribution >= 4 is 23.6 Å². The molecule has 0 aromatic heterocycles. The van der Waals surface area contributed by atoms with Crippen LogP contribution in [0, 0.1) is 5.92 Å². The van der Waals surface area contributed by atoms with Gasteiger partial charge >= 0.3 is 12.0 Å². The van der Waals surface area contributed by atoms with Crippen molar-refractivity contribution < 1.29 is 24.2 Å². The van der Waals surface area contributed by atoms with Crippen LogP contribution in [-0.4, -0.2) is 48.3 Å². The maximum Gasteiger partial charge on any atom is 0.326 e. The molecule has 2 atom stereocenters. The molecule has 8 heteroatoms. The lowest BCUT2D eigenvalue weighted by Gasteiger charge is -2.28. The van der Waals surface area contributed by atoms with Crippen molar-refractivity contribution in [1.82, 2.24) is 10.6 Å². The molecule has 0 radical (unpaired) electrons. The average molecular weight is 363 g/mol. The number of carboxylic acid groups (broad SMARTS) is 1. The second kappa shape index (κ2) is 9.19. The summed E-state index contributed by atoms with van der Waals surface area (Å²) in [5.41, 5.74) is 0.859. The number of hydrogen-bond acceptors (Lipinski definition) is 4. The third-order valence-corrected chi connectivity index (χ3v) is 4.04. The van der Waals surface area contributed by atoms with Crippen molar-refractivity contribution in [3.8, 4) is 0 Å². The fourth-order valence-electron chi connectivity index (χ4n) is 2.77. The third kappa shape index (κ3) is 5.73. The van der Waals surface area contributed by atoms with Crippen LogP contribution < -0.4 is 16.0 Å². The molecule has 1 fully saturated rings. The first-order valence-corrected chi connectivity index (χ1v) is 8.66. The zero-order valence-corrected chi connectivity index (χ0v) is 15.0. The SMILES string of the molecule is CC(C)NC(=O)Nc1ccc(C(=O)NC(C(=O)O)C2CCCOC2)cc1. The van der Waals surface area contributed by atoms with E-state index >= 15 is 0 Å². The molecule has 1 aromatic rings. The van der Waals surface area contributed by atoms with Crippen LogP contribution in [0.5, 0.6) is 0 Å². The van der Waals surface area contributed by atoms with Gasteiger partial charge in [-0.05, 0) is 51.0 Å². The Labute approximate surface area is 152 Å². The molecule has 0 aliphatic carbocycles. The van der Waals surface area contributed by atoms with Crippen LogP contribution in [0.15, 0.2) is 24.3 Å². The second-order valence-electron chi connectivity index (χ2n) is 6.60. The molecule has 2 unspecified atom stereocenters. The fraction of sp³-hybridized carbons (Fsp3) is 0.500. The minimum Gasteiger partial charge on any atom is -0.480 e. The van der Waals surface area contributed by atoms with Crippen molar-refractivity contribution in [1.29, 1.82) is 0 Å². The lowest BCUT2D eigenvalue weighted by Crippen LogP contribution is -2.48. The largest absolute Gasteiger partial charge is 0.480 e. The molecule has 1 aliphatic rings. The molecule has 1 heterocycles. The van der Waals surface area contributed by atoms with E-state index in [1.54, 1.807) is 12.1 Å². The molecule has 0 spiro atoms. The Hall–Kier alpha value is -2.61. The molecular formula is C18H25N3O5. The highest BCUT2D eigenvalue weighted by Crippen LogP contribution is 2.18. The molecule has 0 bridgehead atoms. The Bertz CT molecular complexity index is 639. The van der Waals surface area contributed by atoms with E-state index in [9.17, 15) is 19.5 Å². The van der Waals surface area contributed by atoms with E-state index in [1.165, 1.54) is 12.1 Å². The molecule has 2 rings (SSSR count). The van der Waals surface area contributed by atoms with Crippen molar-refractivity contribution in [2.45, 2.75) is 38.8 Å². The van der Waals surface area contributed by atoms with Gasteiger partial charge in [0, 0.05) is 29.8 Å². The summed E-state index contributed by atoms with van der Waals surface area (Å²) in [5.74, 6) is -1.79. The van der Waals surface area contributed by atoms with E-state index in [0.29, 0.717) is 30.9 Å². The Morgan fingerprint density at radius 1 is 1.15 bits per heavy atom. The van der Waals surface area contributed by atoms with Crippen LogP contribution in [0.1, 0.15) is 37.0 Å². The van der Waals surface area contributed by atoms with Crippen molar-refractivity contribution in [3.63, 3.8) is 0 Å². The van der Waals surface area contributed by atoms with E-state index in [2.05, 4.69) is 16.0 Å². The number of anilines is 1. The van der Waals surface area contributed by atoms with E-state index in [4.69, 9.17) is 4.74 Å². The third-order valence-electron chi connectivity index (χ3n) is 4.04. The van der Waals surface area contributed by atoms with Gasteiger partial charge in [-0.15, -0.1) is 0 Å². The quantitative estimate of drug-likeness (QED) is 0.615. The van der Waals surface area contributed by atoms with Gasteiger partial charge in [0.05, 0.1) is 6.61 Å². The number of carboxylic acids is 1. The maximum atomic E-state index is 12.4. The predicted octanol–water partition coefficient (Wildman–Crippen LogP) is 1.83. The summed E-state index contributed by atoms with van der Waals surface area (Å²) in [4.78, 5) is 35.5. The first-order valence-electron chi connectivity index (χ1n) is 8.66. The zero-order chi connectivity index (χ0) is 19.1. The van der Waals surface area contributed by atoms with Crippen LogP contribution in [0.25, 0.3) is 0 Å². The van der Waals surface area contributed by atoms with Gasteiger partial charge < -0.3 is 25.8 Å². The number of aliphatic carboxylic acids is 1. The summed E-state index contributed by atoms with van der Waals surface area (Å²) in [6.07, 6.45) is 1.48. The van der Waals surface area contributed by atoms with Crippen LogP contribution in [-0.2, 0) is 9.53 Å². The van der Waals surface area contributed by atoms with Crippen LogP contribution in [0.2, 0.25) is 0 Å². The number of amides is 3. The van der Waals surface area contributed by atoms with Crippen LogP contribution in [0.4, 0.5) is 10.5 Å². The number of nitrogens with one attached hydrogen (secondary N) is 3.